The molecule has 1 N–H and O–H groups in total. The molecule has 11 heteroatoms. The minimum atomic E-state index is -0.911. The molecule has 210 valence electrons. The van der Waals surface area contributed by atoms with Crippen molar-refractivity contribution < 1.29 is 18.4 Å². The number of nitrogens with one attached hydrogen (secondary N) is 1. The first kappa shape index (κ1) is 28.4. The first-order valence-corrected chi connectivity index (χ1v) is 13.8. The van der Waals surface area contributed by atoms with Crippen molar-refractivity contribution in [1.29, 1.82) is 0 Å². The van der Waals surface area contributed by atoms with Crippen LogP contribution in [0.1, 0.15) is 63.3 Å². The summed E-state index contributed by atoms with van der Waals surface area (Å²) in [6.07, 6.45) is 4.62. The average Bonchev–Trinajstić information content (AvgIpc) is 3.70. The number of tetrazole rings is 1. The molecule has 0 aliphatic heterocycles. The number of hydrogen-bond donors (Lipinski definition) is 1. The Morgan fingerprint density at radius 1 is 1.10 bits per heavy atom. The van der Waals surface area contributed by atoms with E-state index in [0.717, 1.165) is 45.3 Å². The number of halogens is 1. The molecular weight excluding hydrogens is 501 g/mol. The summed E-state index contributed by atoms with van der Waals surface area (Å²) in [5, 5.41) is 15.5. The quantitative estimate of drug-likeness (QED) is 0.352. The van der Waals surface area contributed by atoms with E-state index in [0.29, 0.717) is 30.0 Å². The minimum absolute atomic E-state index is 0.0735. The predicted octanol–water partition coefficient (Wildman–Crippen LogP) is 3.74. The zero-order chi connectivity index (χ0) is 27.8. The van der Waals surface area contributed by atoms with Gasteiger partial charge in [-0.3, -0.25) is 9.59 Å². The van der Waals surface area contributed by atoms with Crippen LogP contribution in [-0.4, -0.2) is 74.0 Å². The van der Waals surface area contributed by atoms with Gasteiger partial charge in [0.05, 0.1) is 0 Å². The molecule has 2 amide bonds. The van der Waals surface area contributed by atoms with Crippen molar-refractivity contribution in [3.63, 3.8) is 0 Å². The van der Waals surface area contributed by atoms with Gasteiger partial charge in [0.15, 0.2) is 5.76 Å². The van der Waals surface area contributed by atoms with Crippen molar-refractivity contribution in [3.05, 3.63) is 53.5 Å². The lowest BCUT2D eigenvalue weighted by molar-refractivity contribution is -0.142. The summed E-state index contributed by atoms with van der Waals surface area (Å²) >= 11 is 0. The van der Waals surface area contributed by atoms with Gasteiger partial charge in [-0.25, -0.2) is 4.39 Å². The number of hydrogen-bond acceptors (Lipinski definition) is 7. The fraction of sp³-hybridized carbons (Fsp3) is 0.536. The Morgan fingerprint density at radius 3 is 2.46 bits per heavy atom. The van der Waals surface area contributed by atoms with Gasteiger partial charge in [-0.05, 0) is 80.9 Å². The van der Waals surface area contributed by atoms with Gasteiger partial charge in [0.1, 0.15) is 24.2 Å². The number of carbonyl (C=O) groups is 2. The standard InChI is InChI=1S/C28H38FN7O3/c1-4-34(5-2)17-8-18-35(25(37)19-36-32-27(31-33-36)24-16-11-20(3)39-24)26(21-12-14-22(29)15-13-21)28(38)30-23-9-6-7-10-23/h11-16,23,26H,4-10,17-19H2,1-3H3,(H,30,38)/t26-/m1/s1. The third kappa shape index (κ3) is 7.50. The molecule has 0 radical (unpaired) electrons. The molecule has 1 saturated carbocycles. The normalized spacial score (nSPS) is 14.6. The number of aromatic nitrogens is 4. The minimum Gasteiger partial charge on any atom is -0.458 e. The highest BCUT2D eigenvalue weighted by atomic mass is 19.1. The van der Waals surface area contributed by atoms with Gasteiger partial charge < -0.3 is 19.5 Å². The smallest absolute Gasteiger partial charge is 0.247 e. The zero-order valence-corrected chi connectivity index (χ0v) is 23.0. The number of rotatable bonds is 13. The average molecular weight is 540 g/mol. The van der Waals surface area contributed by atoms with Crippen molar-refractivity contribution >= 4 is 11.8 Å². The van der Waals surface area contributed by atoms with Crippen LogP contribution in [0.4, 0.5) is 4.39 Å². The van der Waals surface area contributed by atoms with Crippen molar-refractivity contribution in [2.24, 2.45) is 0 Å². The maximum atomic E-state index is 13.8. The summed E-state index contributed by atoms with van der Waals surface area (Å²) in [6, 6.07) is 8.50. The second-order valence-corrected chi connectivity index (χ2v) is 9.97. The molecule has 1 aliphatic carbocycles. The summed E-state index contributed by atoms with van der Waals surface area (Å²) in [6.45, 7) is 8.72. The van der Waals surface area contributed by atoms with Crippen LogP contribution >= 0.6 is 0 Å². The third-order valence-electron chi connectivity index (χ3n) is 7.23. The number of benzene rings is 1. The molecule has 0 unspecified atom stereocenters. The van der Waals surface area contributed by atoms with Crippen molar-refractivity contribution in [2.75, 3.05) is 26.2 Å². The molecule has 39 heavy (non-hydrogen) atoms. The van der Waals surface area contributed by atoms with Crippen molar-refractivity contribution in [3.8, 4) is 11.6 Å². The van der Waals surface area contributed by atoms with E-state index in [4.69, 9.17) is 4.42 Å². The first-order chi connectivity index (χ1) is 18.9. The molecule has 0 bridgehead atoms. The summed E-state index contributed by atoms with van der Waals surface area (Å²) in [4.78, 5) is 32.6. The van der Waals surface area contributed by atoms with E-state index in [1.165, 1.54) is 16.9 Å². The van der Waals surface area contributed by atoms with Crippen LogP contribution in [0.25, 0.3) is 11.6 Å². The monoisotopic (exact) mass is 539 g/mol. The predicted molar refractivity (Wildman–Crippen MR) is 144 cm³/mol. The van der Waals surface area contributed by atoms with E-state index in [2.05, 4.69) is 39.5 Å². The van der Waals surface area contributed by atoms with Crippen LogP contribution in [-0.2, 0) is 16.1 Å². The highest BCUT2D eigenvalue weighted by Gasteiger charge is 2.33. The van der Waals surface area contributed by atoms with E-state index in [-0.39, 0.29) is 30.2 Å². The van der Waals surface area contributed by atoms with Gasteiger partial charge in [0.2, 0.25) is 17.6 Å². The van der Waals surface area contributed by atoms with E-state index >= 15 is 0 Å². The molecule has 4 rings (SSSR count). The van der Waals surface area contributed by atoms with E-state index in [1.807, 2.05) is 6.92 Å². The Balaban J connectivity index is 1.60. The summed E-state index contributed by atoms with van der Waals surface area (Å²) < 4.78 is 19.4. The molecule has 2 aromatic heterocycles. The maximum Gasteiger partial charge on any atom is 0.247 e. The first-order valence-electron chi connectivity index (χ1n) is 13.8. The lowest BCUT2D eigenvalue weighted by Gasteiger charge is -2.33. The number of furan rings is 1. The van der Waals surface area contributed by atoms with Crippen LogP contribution in [0.3, 0.4) is 0 Å². The van der Waals surface area contributed by atoms with Gasteiger partial charge in [-0.15, -0.1) is 10.2 Å². The van der Waals surface area contributed by atoms with E-state index < -0.39 is 11.9 Å². The number of carbonyl (C=O) groups excluding carboxylic acids is 2. The molecule has 1 aromatic carbocycles. The van der Waals surface area contributed by atoms with Crippen LogP contribution in [0.2, 0.25) is 0 Å². The van der Waals surface area contributed by atoms with Crippen LogP contribution in [0, 0.1) is 12.7 Å². The van der Waals surface area contributed by atoms with Gasteiger partial charge in [-0.2, -0.15) is 4.80 Å². The molecule has 10 nitrogen and oxygen atoms in total. The van der Waals surface area contributed by atoms with Crippen molar-refractivity contribution in [2.45, 2.75) is 71.5 Å². The van der Waals surface area contributed by atoms with Gasteiger partial charge in [-0.1, -0.05) is 38.8 Å². The highest BCUT2D eigenvalue weighted by Crippen LogP contribution is 2.25. The molecule has 3 aromatic rings. The van der Waals surface area contributed by atoms with Crippen LogP contribution < -0.4 is 5.32 Å². The lowest BCUT2D eigenvalue weighted by atomic mass is 10.0. The molecule has 1 atom stereocenters. The van der Waals surface area contributed by atoms with E-state index in [1.54, 1.807) is 29.2 Å². The summed E-state index contributed by atoms with van der Waals surface area (Å²) in [5.74, 6) is 0.460. The van der Waals surface area contributed by atoms with E-state index in [9.17, 15) is 14.0 Å². The zero-order valence-electron chi connectivity index (χ0n) is 23.0. The Bertz CT molecular complexity index is 1220. The van der Waals surface area contributed by atoms with Crippen molar-refractivity contribution in [1.82, 2.24) is 35.3 Å². The molecular formula is C28H38FN7O3. The second-order valence-electron chi connectivity index (χ2n) is 9.97. The molecule has 0 spiro atoms. The summed E-state index contributed by atoms with van der Waals surface area (Å²) in [5.41, 5.74) is 0.557. The SMILES string of the molecule is CCN(CC)CCCN(C(=O)Cn1nnc(-c2ccc(C)o2)n1)[C@@H](C(=O)NC1CCCC1)c1ccc(F)cc1. The Kier molecular flexibility index (Phi) is 9.80. The Morgan fingerprint density at radius 2 is 1.82 bits per heavy atom. The Labute approximate surface area is 228 Å². The maximum absolute atomic E-state index is 13.8. The largest absolute Gasteiger partial charge is 0.458 e. The van der Waals surface area contributed by atoms with Crippen LogP contribution in [0.15, 0.2) is 40.8 Å². The number of aryl methyl sites for hydroxylation is 1. The number of amides is 2. The lowest BCUT2D eigenvalue weighted by Crippen LogP contribution is -2.48. The van der Waals surface area contributed by atoms with Gasteiger partial charge in [0.25, 0.3) is 0 Å². The highest BCUT2D eigenvalue weighted by molar-refractivity contribution is 5.89. The van der Waals surface area contributed by atoms with Gasteiger partial charge >= 0.3 is 0 Å². The summed E-state index contributed by atoms with van der Waals surface area (Å²) in [7, 11) is 0. The van der Waals surface area contributed by atoms with Gasteiger partial charge in [0, 0.05) is 12.6 Å². The number of nitrogens with zero attached hydrogens (tertiary/aromatic N) is 6. The fourth-order valence-corrected chi connectivity index (χ4v) is 5.05. The Hall–Kier alpha value is -3.60. The topological polar surface area (TPSA) is 109 Å². The molecule has 1 fully saturated rings. The third-order valence-corrected chi connectivity index (χ3v) is 7.23. The fourth-order valence-electron chi connectivity index (χ4n) is 5.05. The second kappa shape index (κ2) is 13.5. The molecule has 1 aliphatic rings. The molecule has 0 saturated heterocycles. The van der Waals surface area contributed by atoms with Crippen LogP contribution in [0.5, 0.6) is 0 Å². The molecule has 2 heterocycles.